The predicted molar refractivity (Wildman–Crippen MR) is 218 cm³/mol. The average molecular weight is 710 g/mol. The monoisotopic (exact) mass is 710 g/mol. The van der Waals surface area contributed by atoms with Crippen LogP contribution in [0.25, 0.3) is 0 Å². The molecule has 0 unspecified atom stereocenters. The Balaban J connectivity index is 2.02. The summed E-state index contributed by atoms with van der Waals surface area (Å²) >= 11 is 0. The first-order chi connectivity index (χ1) is 24.6. The number of rotatable bonds is 34. The second-order valence-electron chi connectivity index (χ2n) is 15.0. The van der Waals surface area contributed by atoms with Gasteiger partial charge in [-0.25, -0.2) is 0 Å². The molecule has 0 heterocycles. The Morgan fingerprint density at radius 1 is 0.380 bits per heavy atom. The summed E-state index contributed by atoms with van der Waals surface area (Å²) in [4.78, 5) is 0. The first-order valence-corrected chi connectivity index (χ1v) is 22.7. The Bertz CT molecular complexity index is 1030. The van der Waals surface area contributed by atoms with Gasteiger partial charge >= 0.3 is 8.25 Å². The molecule has 0 aliphatic rings. The van der Waals surface area contributed by atoms with Gasteiger partial charge in [-0.05, 0) is 84.7 Å². The lowest BCUT2D eigenvalue weighted by molar-refractivity contribution is 0.212. The maximum atomic E-state index is 13.2. The fraction of sp³-hybridized carbons (Fsp3) is 0.739. The van der Waals surface area contributed by atoms with Gasteiger partial charge in [0.05, 0.1) is 0 Å². The van der Waals surface area contributed by atoms with Crippen molar-refractivity contribution < 1.29 is 13.6 Å². The van der Waals surface area contributed by atoms with Crippen molar-refractivity contribution in [2.75, 3.05) is 0 Å². The molecule has 0 saturated heterocycles. The van der Waals surface area contributed by atoms with E-state index in [-0.39, 0.29) is 0 Å². The van der Waals surface area contributed by atoms with E-state index in [1.54, 1.807) is 0 Å². The summed E-state index contributed by atoms with van der Waals surface area (Å²) in [7, 11) is -2.21. The Morgan fingerprint density at radius 2 is 0.660 bits per heavy atom. The highest BCUT2D eigenvalue weighted by molar-refractivity contribution is 7.33. The minimum atomic E-state index is -2.21. The topological polar surface area (TPSA) is 35.5 Å². The zero-order chi connectivity index (χ0) is 35.9. The van der Waals surface area contributed by atoms with Gasteiger partial charge in [0, 0.05) is 4.57 Å². The number of benzene rings is 2. The van der Waals surface area contributed by atoms with Crippen molar-refractivity contribution in [3.63, 3.8) is 0 Å². The van der Waals surface area contributed by atoms with E-state index in [1.165, 1.54) is 187 Å². The molecule has 0 fully saturated rings. The number of hydrogen-bond donors (Lipinski definition) is 0. The van der Waals surface area contributed by atoms with Crippen molar-refractivity contribution in [1.29, 1.82) is 0 Å². The normalized spacial score (nSPS) is 11.4. The zero-order valence-corrected chi connectivity index (χ0v) is 34.2. The van der Waals surface area contributed by atoms with Crippen LogP contribution >= 0.6 is 8.25 Å². The molecule has 2 aromatic rings. The van der Waals surface area contributed by atoms with Gasteiger partial charge in [-0.1, -0.05) is 193 Å². The Labute approximate surface area is 311 Å². The van der Waals surface area contributed by atoms with Crippen LogP contribution in [0, 0.1) is 0 Å². The number of aryl methyl sites for hydroxylation is 2. The van der Waals surface area contributed by atoms with Crippen LogP contribution in [-0.2, 0) is 52.5 Å². The van der Waals surface area contributed by atoms with E-state index in [9.17, 15) is 4.57 Å². The van der Waals surface area contributed by atoms with Crippen LogP contribution in [0.1, 0.15) is 215 Å². The summed E-state index contributed by atoms with van der Waals surface area (Å²) in [6, 6.07) is 13.4. The van der Waals surface area contributed by atoms with Crippen molar-refractivity contribution >= 4 is 8.25 Å². The third-order valence-electron chi connectivity index (χ3n) is 10.6. The van der Waals surface area contributed by atoms with E-state index in [4.69, 9.17) is 9.05 Å². The van der Waals surface area contributed by atoms with E-state index >= 15 is 0 Å². The van der Waals surface area contributed by atoms with E-state index < -0.39 is 8.25 Å². The van der Waals surface area contributed by atoms with Gasteiger partial charge in [0.1, 0.15) is 13.2 Å². The molecule has 284 valence electrons. The molecule has 50 heavy (non-hydrogen) atoms. The summed E-state index contributed by atoms with van der Waals surface area (Å²) in [5.74, 6) is 0. The lowest BCUT2D eigenvalue weighted by atomic mass is 9.92. The third-order valence-corrected chi connectivity index (χ3v) is 11.2. The van der Waals surface area contributed by atoms with Gasteiger partial charge in [-0.2, -0.15) is 0 Å². The fourth-order valence-corrected chi connectivity index (χ4v) is 7.96. The van der Waals surface area contributed by atoms with Crippen LogP contribution < -0.4 is 0 Å². The van der Waals surface area contributed by atoms with E-state index in [2.05, 4.69) is 64.1 Å². The van der Waals surface area contributed by atoms with E-state index in [1.807, 2.05) is 0 Å². The van der Waals surface area contributed by atoms with Crippen molar-refractivity contribution in [3.05, 3.63) is 69.8 Å². The Morgan fingerprint density at radius 3 is 1.00 bits per heavy atom. The maximum absolute atomic E-state index is 13.2. The summed E-state index contributed by atoms with van der Waals surface area (Å²) in [6.07, 6.45) is 35.7. The van der Waals surface area contributed by atoms with Crippen molar-refractivity contribution in [3.8, 4) is 0 Å². The van der Waals surface area contributed by atoms with Crippen LogP contribution in [0.3, 0.4) is 0 Å². The highest BCUT2D eigenvalue weighted by Crippen LogP contribution is 2.32. The van der Waals surface area contributed by atoms with Crippen LogP contribution in [0.15, 0.2) is 36.4 Å². The first-order valence-electron chi connectivity index (χ1n) is 21.6. The van der Waals surface area contributed by atoms with Crippen molar-refractivity contribution in [2.24, 2.45) is 0 Å². The second kappa shape index (κ2) is 31.0. The molecule has 2 aromatic carbocycles. The van der Waals surface area contributed by atoms with Crippen LogP contribution in [-0.4, -0.2) is 0 Å². The molecule has 0 aromatic heterocycles. The van der Waals surface area contributed by atoms with Crippen LogP contribution in [0.2, 0.25) is 0 Å². The lowest BCUT2D eigenvalue weighted by Gasteiger charge is -2.15. The highest BCUT2D eigenvalue weighted by Gasteiger charge is 2.23. The molecule has 0 aliphatic heterocycles. The lowest BCUT2D eigenvalue weighted by Crippen LogP contribution is -2.03. The van der Waals surface area contributed by atoms with Gasteiger partial charge < -0.3 is 0 Å². The Kier molecular flexibility index (Phi) is 27.7. The second-order valence-corrected chi connectivity index (χ2v) is 15.9. The largest absolute Gasteiger partial charge is 0.698 e. The summed E-state index contributed by atoms with van der Waals surface area (Å²) in [5, 5.41) is 0. The molecular weight excluding hydrogens is 631 g/mol. The molecular formula is C46H78O3P+. The molecule has 0 atom stereocenters. The molecule has 0 aliphatic carbocycles. The molecule has 0 amide bonds. The fourth-order valence-electron chi connectivity index (χ4n) is 7.39. The number of hydrogen-bond acceptors (Lipinski definition) is 3. The van der Waals surface area contributed by atoms with Gasteiger partial charge in [0.15, 0.2) is 0 Å². The van der Waals surface area contributed by atoms with Crippen molar-refractivity contribution in [2.45, 2.75) is 221 Å². The van der Waals surface area contributed by atoms with E-state index in [0.29, 0.717) is 13.2 Å². The van der Waals surface area contributed by atoms with Gasteiger partial charge in [0.2, 0.25) is 0 Å². The predicted octanol–water partition coefficient (Wildman–Crippen LogP) is 15.7. The van der Waals surface area contributed by atoms with E-state index in [0.717, 1.165) is 25.7 Å². The minimum Gasteiger partial charge on any atom is -0.114 e. The third kappa shape index (κ3) is 20.5. The molecule has 0 spiro atoms. The average Bonchev–Trinajstić information content (AvgIpc) is 3.13. The Hall–Kier alpha value is -1.54. The minimum absolute atomic E-state index is 0.355. The number of unbranched alkanes of at least 4 members (excludes halogenated alkanes) is 20. The van der Waals surface area contributed by atoms with Gasteiger partial charge in [0.25, 0.3) is 0 Å². The summed E-state index contributed by atoms with van der Waals surface area (Å²) in [6.45, 7) is 9.84. The molecule has 2 rings (SSSR count). The standard InChI is InChI=1S/C46H78O3P/c1-5-9-13-17-21-25-31-41-33-29-35-43(45(41)37-27-23-19-15-11-7-3)39-48-50(47)49-40-44-36-30-34-42(32-26-22-18-14-10-6-2)46(44)38-28-24-20-16-12-8-4/h29-30,33-36H,5-28,31-32,37-40H2,1-4H3/q+1. The molecule has 3 nitrogen and oxygen atoms in total. The van der Waals surface area contributed by atoms with Crippen LogP contribution in [0.4, 0.5) is 0 Å². The SMILES string of the molecule is CCCCCCCCc1cccc(CO[P+](=O)OCc2cccc(CCCCCCCC)c2CCCCCCCC)c1CCCCCCCC. The summed E-state index contributed by atoms with van der Waals surface area (Å²) < 4.78 is 25.2. The van der Waals surface area contributed by atoms with Gasteiger partial charge in [-0.3, -0.25) is 0 Å². The molecule has 0 N–H and O–H groups in total. The molecule has 0 saturated carbocycles. The maximum Gasteiger partial charge on any atom is 0.698 e. The molecule has 4 heteroatoms. The molecule has 0 radical (unpaired) electrons. The smallest absolute Gasteiger partial charge is 0.114 e. The zero-order valence-electron chi connectivity index (χ0n) is 33.3. The molecule has 0 bridgehead atoms. The first kappa shape index (κ1) is 44.6. The summed E-state index contributed by atoms with van der Waals surface area (Å²) in [5.41, 5.74) is 8.19. The van der Waals surface area contributed by atoms with Crippen LogP contribution in [0.5, 0.6) is 0 Å². The van der Waals surface area contributed by atoms with Crippen molar-refractivity contribution in [1.82, 2.24) is 0 Å². The quantitative estimate of drug-likeness (QED) is 0.0536. The van der Waals surface area contributed by atoms with Gasteiger partial charge in [-0.15, -0.1) is 9.05 Å². The highest BCUT2D eigenvalue weighted by atomic mass is 31.1.